The van der Waals surface area contributed by atoms with Crippen molar-refractivity contribution in [2.75, 3.05) is 23.3 Å². The van der Waals surface area contributed by atoms with Crippen LogP contribution in [0.2, 0.25) is 0 Å². The number of anilines is 2. The lowest BCUT2D eigenvalue weighted by Crippen LogP contribution is -2.27. The van der Waals surface area contributed by atoms with Gasteiger partial charge in [-0.05, 0) is 25.0 Å². The molecule has 136 valence electrons. The van der Waals surface area contributed by atoms with Crippen LogP contribution in [-0.2, 0) is 6.54 Å². The van der Waals surface area contributed by atoms with Crippen molar-refractivity contribution in [3.63, 3.8) is 0 Å². The number of nitrogens with zero attached hydrogens (tertiary/aromatic N) is 3. The largest absolute Gasteiger partial charge is 0.368 e. The molecule has 2 aromatic carbocycles. The Labute approximate surface area is 159 Å². The van der Waals surface area contributed by atoms with Crippen LogP contribution < -0.4 is 16.0 Å². The van der Waals surface area contributed by atoms with E-state index >= 15 is 0 Å². The highest BCUT2D eigenvalue weighted by molar-refractivity contribution is 5.97. The molecule has 0 saturated carbocycles. The van der Waals surface area contributed by atoms with Crippen LogP contribution in [0, 0.1) is 18.3 Å². The number of nitriles is 1. The molecule has 4 rings (SSSR count). The standard InChI is InChI=1S/C22H23N5/c1-15-6-8-16(9-7-15)13-25-22-19(12-23)21(27-11-10-17(24)14-27)18-4-2-3-5-20(18)26-22/h2-9,17H,10-11,13-14,24H2,1H3,(H,25,26). The van der Waals surface area contributed by atoms with Gasteiger partial charge in [-0.15, -0.1) is 0 Å². The van der Waals surface area contributed by atoms with Crippen LogP contribution in [0.15, 0.2) is 48.5 Å². The summed E-state index contributed by atoms with van der Waals surface area (Å²) in [5, 5.41) is 14.3. The van der Waals surface area contributed by atoms with Gasteiger partial charge in [0.15, 0.2) is 0 Å². The quantitative estimate of drug-likeness (QED) is 0.746. The van der Waals surface area contributed by atoms with E-state index in [0.717, 1.165) is 41.7 Å². The second-order valence-corrected chi connectivity index (χ2v) is 7.15. The number of aromatic nitrogens is 1. The molecule has 3 aromatic rings. The second kappa shape index (κ2) is 7.26. The van der Waals surface area contributed by atoms with Gasteiger partial charge in [-0.3, -0.25) is 0 Å². The lowest BCUT2D eigenvalue weighted by Gasteiger charge is -2.23. The monoisotopic (exact) mass is 357 g/mol. The third kappa shape index (κ3) is 3.44. The van der Waals surface area contributed by atoms with Crippen LogP contribution >= 0.6 is 0 Å². The summed E-state index contributed by atoms with van der Waals surface area (Å²) in [6, 6.07) is 18.9. The van der Waals surface area contributed by atoms with Crippen molar-refractivity contribution in [2.24, 2.45) is 5.73 Å². The average molecular weight is 357 g/mol. The smallest absolute Gasteiger partial charge is 0.147 e. The number of nitrogens with one attached hydrogen (secondary N) is 1. The van der Waals surface area contributed by atoms with Gasteiger partial charge in [-0.2, -0.15) is 5.26 Å². The van der Waals surface area contributed by atoms with Crippen molar-refractivity contribution in [3.8, 4) is 6.07 Å². The summed E-state index contributed by atoms with van der Waals surface area (Å²) in [4.78, 5) is 6.96. The van der Waals surface area contributed by atoms with Gasteiger partial charge < -0.3 is 16.0 Å². The molecule has 0 amide bonds. The van der Waals surface area contributed by atoms with Gasteiger partial charge in [0.05, 0.1) is 11.2 Å². The number of para-hydroxylation sites is 1. The summed E-state index contributed by atoms with van der Waals surface area (Å²) in [5.74, 6) is 0.632. The van der Waals surface area contributed by atoms with Crippen LogP contribution in [0.4, 0.5) is 11.5 Å². The predicted octanol–water partition coefficient (Wildman–Crippen LogP) is 3.56. The topological polar surface area (TPSA) is 78.0 Å². The number of benzene rings is 2. The molecule has 0 aliphatic carbocycles. The van der Waals surface area contributed by atoms with E-state index in [-0.39, 0.29) is 6.04 Å². The summed E-state index contributed by atoms with van der Waals surface area (Å²) in [7, 11) is 0. The Balaban J connectivity index is 1.76. The highest BCUT2D eigenvalue weighted by atomic mass is 15.2. The molecule has 2 heterocycles. The zero-order valence-corrected chi connectivity index (χ0v) is 15.4. The van der Waals surface area contributed by atoms with E-state index < -0.39 is 0 Å². The van der Waals surface area contributed by atoms with Crippen LogP contribution in [0.25, 0.3) is 10.9 Å². The lowest BCUT2D eigenvalue weighted by molar-refractivity contribution is 0.752. The van der Waals surface area contributed by atoms with Crippen molar-refractivity contribution in [2.45, 2.75) is 25.9 Å². The van der Waals surface area contributed by atoms with E-state index in [1.165, 1.54) is 5.56 Å². The van der Waals surface area contributed by atoms with Gasteiger partial charge in [0.1, 0.15) is 17.5 Å². The van der Waals surface area contributed by atoms with Crippen LogP contribution in [-0.4, -0.2) is 24.1 Å². The molecule has 1 unspecified atom stereocenters. The maximum absolute atomic E-state index is 9.93. The molecular weight excluding hydrogens is 334 g/mol. The van der Waals surface area contributed by atoms with Crippen molar-refractivity contribution < 1.29 is 0 Å². The normalized spacial score (nSPS) is 16.5. The Hall–Kier alpha value is -3.10. The second-order valence-electron chi connectivity index (χ2n) is 7.15. The summed E-state index contributed by atoms with van der Waals surface area (Å²) < 4.78 is 0. The maximum Gasteiger partial charge on any atom is 0.147 e. The van der Waals surface area contributed by atoms with E-state index in [4.69, 9.17) is 10.7 Å². The fourth-order valence-electron chi connectivity index (χ4n) is 3.64. The molecule has 1 aromatic heterocycles. The molecular formula is C22H23N5. The minimum atomic E-state index is 0.146. The van der Waals surface area contributed by atoms with Gasteiger partial charge in [-0.25, -0.2) is 4.98 Å². The first-order valence-corrected chi connectivity index (χ1v) is 9.28. The molecule has 3 N–H and O–H groups in total. The zero-order chi connectivity index (χ0) is 18.8. The molecule has 5 nitrogen and oxygen atoms in total. The molecule has 27 heavy (non-hydrogen) atoms. The van der Waals surface area contributed by atoms with E-state index in [9.17, 15) is 5.26 Å². The number of rotatable bonds is 4. The number of nitrogens with two attached hydrogens (primary N) is 1. The Morgan fingerprint density at radius 3 is 2.70 bits per heavy atom. The molecule has 0 radical (unpaired) electrons. The molecule has 1 aliphatic rings. The van der Waals surface area contributed by atoms with Crippen LogP contribution in [0.5, 0.6) is 0 Å². The number of hydrogen-bond acceptors (Lipinski definition) is 5. The molecule has 0 spiro atoms. The summed E-state index contributed by atoms with van der Waals surface area (Å²) in [6.07, 6.45) is 0.938. The van der Waals surface area contributed by atoms with Gasteiger partial charge in [0, 0.05) is 31.1 Å². The summed E-state index contributed by atoms with van der Waals surface area (Å²) in [6.45, 7) is 4.32. The minimum absolute atomic E-state index is 0.146. The first-order chi connectivity index (χ1) is 13.2. The molecule has 0 bridgehead atoms. The fourth-order valence-corrected chi connectivity index (χ4v) is 3.64. The Kier molecular flexibility index (Phi) is 4.66. The van der Waals surface area contributed by atoms with Gasteiger partial charge in [0.2, 0.25) is 0 Å². The van der Waals surface area contributed by atoms with Gasteiger partial charge >= 0.3 is 0 Å². The molecule has 1 saturated heterocycles. The molecule has 1 fully saturated rings. The number of fused-ring (bicyclic) bond motifs is 1. The Morgan fingerprint density at radius 2 is 2.00 bits per heavy atom. The van der Waals surface area contributed by atoms with Gasteiger partial charge in [-0.1, -0.05) is 48.0 Å². The Morgan fingerprint density at radius 1 is 1.22 bits per heavy atom. The van der Waals surface area contributed by atoms with E-state index in [0.29, 0.717) is 17.9 Å². The van der Waals surface area contributed by atoms with Crippen molar-refractivity contribution in [1.82, 2.24) is 4.98 Å². The first-order valence-electron chi connectivity index (χ1n) is 9.28. The SMILES string of the molecule is Cc1ccc(CNc2nc3ccccc3c(N3CCC(N)C3)c2C#N)cc1. The average Bonchev–Trinajstić information content (AvgIpc) is 3.12. The highest BCUT2D eigenvalue weighted by Gasteiger charge is 2.25. The van der Waals surface area contributed by atoms with Gasteiger partial charge in [0.25, 0.3) is 0 Å². The van der Waals surface area contributed by atoms with E-state index in [1.807, 2.05) is 24.3 Å². The minimum Gasteiger partial charge on any atom is -0.368 e. The highest BCUT2D eigenvalue weighted by Crippen LogP contribution is 2.35. The third-order valence-electron chi connectivity index (χ3n) is 5.10. The van der Waals surface area contributed by atoms with Crippen molar-refractivity contribution >= 4 is 22.4 Å². The number of hydrogen-bond donors (Lipinski definition) is 2. The summed E-state index contributed by atoms with van der Waals surface area (Å²) >= 11 is 0. The number of aryl methyl sites for hydroxylation is 1. The van der Waals surface area contributed by atoms with E-state index in [2.05, 4.69) is 47.5 Å². The lowest BCUT2D eigenvalue weighted by atomic mass is 10.1. The maximum atomic E-state index is 9.93. The Bertz CT molecular complexity index is 1000. The first kappa shape index (κ1) is 17.3. The molecule has 1 atom stereocenters. The molecule has 1 aliphatic heterocycles. The zero-order valence-electron chi connectivity index (χ0n) is 15.4. The molecule has 5 heteroatoms. The van der Waals surface area contributed by atoms with Crippen molar-refractivity contribution in [3.05, 3.63) is 65.2 Å². The predicted molar refractivity (Wildman–Crippen MR) is 110 cm³/mol. The van der Waals surface area contributed by atoms with Crippen LogP contribution in [0.1, 0.15) is 23.1 Å². The number of pyridine rings is 1. The van der Waals surface area contributed by atoms with Crippen LogP contribution in [0.3, 0.4) is 0 Å². The third-order valence-corrected chi connectivity index (χ3v) is 5.10. The van der Waals surface area contributed by atoms with Crippen molar-refractivity contribution in [1.29, 1.82) is 5.26 Å². The summed E-state index contributed by atoms with van der Waals surface area (Å²) in [5.41, 5.74) is 10.9. The van der Waals surface area contributed by atoms with E-state index in [1.54, 1.807) is 0 Å². The fraction of sp³-hybridized carbons (Fsp3) is 0.273.